The number of hydrogen-bond acceptors (Lipinski definition) is 3. The lowest BCUT2D eigenvalue weighted by molar-refractivity contribution is 0.326. The first kappa shape index (κ1) is 11.4. The van der Waals surface area contributed by atoms with Crippen LogP contribution < -0.4 is 15.2 Å². The van der Waals surface area contributed by atoms with Gasteiger partial charge in [-0.05, 0) is 30.9 Å². The molecule has 1 heterocycles. The van der Waals surface area contributed by atoms with Crippen LogP contribution in [0.25, 0.3) is 0 Å². The van der Waals surface area contributed by atoms with Crippen LogP contribution in [0.5, 0.6) is 11.5 Å². The second-order valence-corrected chi connectivity index (χ2v) is 5.79. The molecule has 17 heavy (non-hydrogen) atoms. The molecule has 0 radical (unpaired) electrons. The molecular formula is C13H16BrNO2. The predicted molar refractivity (Wildman–Crippen MR) is 69.7 cm³/mol. The minimum absolute atomic E-state index is 0.0151. The monoisotopic (exact) mass is 297 g/mol. The molecular weight excluding hydrogens is 282 g/mol. The summed E-state index contributed by atoms with van der Waals surface area (Å²) >= 11 is 3.68. The van der Waals surface area contributed by atoms with Crippen LogP contribution in [-0.2, 0) is 12.8 Å². The maximum absolute atomic E-state index is 6.19. The van der Waals surface area contributed by atoms with E-state index in [0.29, 0.717) is 0 Å². The molecule has 1 aliphatic carbocycles. The molecule has 3 nitrogen and oxygen atoms in total. The highest BCUT2D eigenvalue weighted by Gasteiger charge is 2.39. The number of nitrogens with two attached hydrogens (primary N) is 1. The fourth-order valence-corrected chi connectivity index (χ4v) is 3.00. The summed E-state index contributed by atoms with van der Waals surface area (Å²) in [7, 11) is 1.68. The van der Waals surface area contributed by atoms with Gasteiger partial charge in [-0.25, -0.2) is 0 Å². The zero-order chi connectivity index (χ0) is 12.0. The molecule has 1 aromatic carbocycles. The lowest BCUT2D eigenvalue weighted by Crippen LogP contribution is -2.24. The smallest absolute Gasteiger partial charge is 0.165 e. The van der Waals surface area contributed by atoms with Crippen molar-refractivity contribution < 1.29 is 9.47 Å². The van der Waals surface area contributed by atoms with E-state index in [0.717, 1.165) is 48.3 Å². The number of benzene rings is 1. The zero-order valence-electron chi connectivity index (χ0n) is 9.88. The number of rotatable bonds is 3. The molecule has 0 aromatic heterocycles. The van der Waals surface area contributed by atoms with Crippen LogP contribution in [0, 0.1) is 0 Å². The highest BCUT2D eigenvalue weighted by molar-refractivity contribution is 9.10. The zero-order valence-corrected chi connectivity index (χ0v) is 11.5. The maximum Gasteiger partial charge on any atom is 0.165 e. The molecule has 1 saturated carbocycles. The Bertz CT molecular complexity index is 469. The largest absolute Gasteiger partial charge is 0.493 e. The molecule has 2 aliphatic rings. The Kier molecular flexibility index (Phi) is 2.60. The van der Waals surface area contributed by atoms with Gasteiger partial charge in [0.1, 0.15) is 0 Å². The molecule has 1 aliphatic heterocycles. The normalized spacial score (nSPS) is 19.7. The van der Waals surface area contributed by atoms with E-state index in [1.165, 1.54) is 11.1 Å². The van der Waals surface area contributed by atoms with Crippen LogP contribution in [0.2, 0.25) is 0 Å². The standard InChI is InChI=1S/C13H16BrNO2/c1-16-10-6-8(7-13(15)3-4-13)11(14)9-2-5-17-12(9)10/h6H,2-5,7,15H2,1H3. The van der Waals surface area contributed by atoms with Crippen molar-refractivity contribution in [1.82, 2.24) is 0 Å². The molecule has 1 fully saturated rings. The third kappa shape index (κ3) is 1.93. The van der Waals surface area contributed by atoms with E-state index in [1.54, 1.807) is 7.11 Å². The van der Waals surface area contributed by atoms with Crippen molar-refractivity contribution in [3.05, 3.63) is 21.7 Å². The summed E-state index contributed by atoms with van der Waals surface area (Å²) in [6.45, 7) is 0.738. The average molecular weight is 298 g/mol. The Labute approximate surface area is 109 Å². The lowest BCUT2D eigenvalue weighted by Gasteiger charge is -2.15. The molecule has 0 unspecified atom stereocenters. The van der Waals surface area contributed by atoms with Crippen molar-refractivity contribution in [2.24, 2.45) is 5.73 Å². The first-order valence-electron chi connectivity index (χ1n) is 5.93. The molecule has 0 amide bonds. The van der Waals surface area contributed by atoms with Gasteiger partial charge in [-0.15, -0.1) is 0 Å². The summed E-state index contributed by atoms with van der Waals surface area (Å²) in [6, 6.07) is 2.06. The van der Waals surface area contributed by atoms with Gasteiger partial charge in [0.25, 0.3) is 0 Å². The Morgan fingerprint density at radius 2 is 2.29 bits per heavy atom. The van der Waals surface area contributed by atoms with Crippen LogP contribution in [-0.4, -0.2) is 19.3 Å². The van der Waals surface area contributed by atoms with Crippen LogP contribution in [0.3, 0.4) is 0 Å². The fourth-order valence-electron chi connectivity index (χ4n) is 2.36. The van der Waals surface area contributed by atoms with E-state index in [2.05, 4.69) is 22.0 Å². The highest BCUT2D eigenvalue weighted by atomic mass is 79.9. The van der Waals surface area contributed by atoms with Gasteiger partial charge in [-0.2, -0.15) is 0 Å². The first-order valence-corrected chi connectivity index (χ1v) is 6.72. The van der Waals surface area contributed by atoms with E-state index in [-0.39, 0.29) is 5.54 Å². The Morgan fingerprint density at radius 3 is 2.94 bits per heavy atom. The van der Waals surface area contributed by atoms with E-state index >= 15 is 0 Å². The molecule has 0 spiro atoms. The minimum atomic E-state index is 0.0151. The highest BCUT2D eigenvalue weighted by Crippen LogP contribution is 2.45. The fraction of sp³-hybridized carbons (Fsp3) is 0.538. The summed E-state index contributed by atoms with van der Waals surface area (Å²) < 4.78 is 12.2. The van der Waals surface area contributed by atoms with Gasteiger partial charge >= 0.3 is 0 Å². The van der Waals surface area contributed by atoms with Crippen molar-refractivity contribution in [3.63, 3.8) is 0 Å². The van der Waals surface area contributed by atoms with Crippen molar-refractivity contribution >= 4 is 15.9 Å². The Hall–Kier alpha value is -0.740. The maximum atomic E-state index is 6.19. The molecule has 0 bridgehead atoms. The van der Waals surface area contributed by atoms with Crippen LogP contribution in [0.15, 0.2) is 10.5 Å². The quantitative estimate of drug-likeness (QED) is 0.932. The SMILES string of the molecule is COc1cc(CC2(N)CC2)c(Br)c2c1OCC2. The van der Waals surface area contributed by atoms with Crippen molar-refractivity contribution in [2.75, 3.05) is 13.7 Å². The second kappa shape index (κ2) is 3.89. The number of methoxy groups -OCH3 is 1. The van der Waals surface area contributed by atoms with E-state index < -0.39 is 0 Å². The Balaban J connectivity index is 2.03. The van der Waals surface area contributed by atoms with E-state index in [4.69, 9.17) is 15.2 Å². The molecule has 0 saturated heterocycles. The van der Waals surface area contributed by atoms with Gasteiger partial charge < -0.3 is 15.2 Å². The number of fused-ring (bicyclic) bond motifs is 1. The third-order valence-electron chi connectivity index (χ3n) is 3.60. The summed E-state index contributed by atoms with van der Waals surface area (Å²) in [6.07, 6.45) is 4.10. The van der Waals surface area contributed by atoms with Gasteiger partial charge in [0.15, 0.2) is 11.5 Å². The third-order valence-corrected chi connectivity index (χ3v) is 4.59. The van der Waals surface area contributed by atoms with Gasteiger partial charge in [-0.1, -0.05) is 15.9 Å². The van der Waals surface area contributed by atoms with Crippen molar-refractivity contribution in [2.45, 2.75) is 31.2 Å². The molecule has 2 N–H and O–H groups in total. The van der Waals surface area contributed by atoms with Crippen LogP contribution in [0.1, 0.15) is 24.0 Å². The van der Waals surface area contributed by atoms with Crippen LogP contribution >= 0.6 is 15.9 Å². The predicted octanol–water partition coefficient (Wildman–Crippen LogP) is 2.43. The van der Waals surface area contributed by atoms with Crippen molar-refractivity contribution in [1.29, 1.82) is 0 Å². The summed E-state index contributed by atoms with van der Waals surface area (Å²) in [5.74, 6) is 1.73. The van der Waals surface area contributed by atoms with Gasteiger partial charge in [0.2, 0.25) is 0 Å². The van der Waals surface area contributed by atoms with E-state index in [1.807, 2.05) is 0 Å². The average Bonchev–Trinajstić information content (AvgIpc) is 2.85. The molecule has 0 atom stereocenters. The number of halogens is 1. The molecule has 1 aromatic rings. The minimum Gasteiger partial charge on any atom is -0.493 e. The number of hydrogen-bond donors (Lipinski definition) is 1. The topological polar surface area (TPSA) is 44.5 Å². The van der Waals surface area contributed by atoms with Gasteiger partial charge in [0, 0.05) is 22.0 Å². The molecule has 3 rings (SSSR count). The van der Waals surface area contributed by atoms with Crippen LogP contribution in [0.4, 0.5) is 0 Å². The van der Waals surface area contributed by atoms with E-state index in [9.17, 15) is 0 Å². The first-order chi connectivity index (χ1) is 8.13. The number of ether oxygens (including phenoxy) is 2. The summed E-state index contributed by atoms with van der Waals surface area (Å²) in [5, 5.41) is 0. The van der Waals surface area contributed by atoms with Gasteiger partial charge in [-0.3, -0.25) is 0 Å². The summed E-state index contributed by atoms with van der Waals surface area (Å²) in [5.41, 5.74) is 8.67. The summed E-state index contributed by atoms with van der Waals surface area (Å²) in [4.78, 5) is 0. The van der Waals surface area contributed by atoms with Gasteiger partial charge in [0.05, 0.1) is 13.7 Å². The molecule has 92 valence electrons. The van der Waals surface area contributed by atoms with Crippen molar-refractivity contribution in [3.8, 4) is 11.5 Å². The Morgan fingerprint density at radius 1 is 1.53 bits per heavy atom. The second-order valence-electron chi connectivity index (χ2n) is 5.00. The molecule has 4 heteroatoms. The lowest BCUT2D eigenvalue weighted by atomic mass is 10.0.